The highest BCUT2D eigenvalue weighted by Crippen LogP contribution is 2.38. The third-order valence-corrected chi connectivity index (χ3v) is 5.10. The molecule has 29 heavy (non-hydrogen) atoms. The Labute approximate surface area is 168 Å². The van der Waals surface area contributed by atoms with E-state index in [1.807, 2.05) is 37.2 Å². The maximum atomic E-state index is 13.5. The number of carbonyl (C=O) groups excluding carboxylic acids is 1. The SMILES string of the molecule is CN(C)Cc1cc(C2CC(=O)Nc3c2cnn3Cc2cccc(F)c2)ccc1O. The molecule has 150 valence electrons. The van der Waals surface area contributed by atoms with Gasteiger partial charge in [-0.3, -0.25) is 4.79 Å². The molecule has 6 nitrogen and oxygen atoms in total. The quantitative estimate of drug-likeness (QED) is 0.697. The lowest BCUT2D eigenvalue weighted by Gasteiger charge is -2.24. The van der Waals surface area contributed by atoms with E-state index in [4.69, 9.17) is 0 Å². The largest absolute Gasteiger partial charge is 0.508 e. The molecule has 2 aromatic carbocycles. The first-order valence-corrected chi connectivity index (χ1v) is 9.47. The van der Waals surface area contributed by atoms with Crippen molar-refractivity contribution in [2.45, 2.75) is 25.4 Å². The van der Waals surface area contributed by atoms with Gasteiger partial charge in [-0.1, -0.05) is 24.3 Å². The van der Waals surface area contributed by atoms with E-state index >= 15 is 0 Å². The van der Waals surface area contributed by atoms with Crippen LogP contribution in [0, 0.1) is 5.82 Å². The Morgan fingerprint density at radius 3 is 2.86 bits per heavy atom. The number of phenols is 1. The highest BCUT2D eigenvalue weighted by Gasteiger charge is 2.30. The average Bonchev–Trinajstić information content (AvgIpc) is 3.05. The number of benzene rings is 2. The fourth-order valence-electron chi connectivity index (χ4n) is 3.78. The molecule has 1 unspecified atom stereocenters. The Morgan fingerprint density at radius 1 is 1.28 bits per heavy atom. The van der Waals surface area contributed by atoms with Crippen molar-refractivity contribution < 1.29 is 14.3 Å². The second-order valence-electron chi connectivity index (χ2n) is 7.67. The molecule has 3 aromatic rings. The van der Waals surface area contributed by atoms with Gasteiger partial charge >= 0.3 is 0 Å². The summed E-state index contributed by atoms with van der Waals surface area (Å²) in [6.45, 7) is 0.964. The van der Waals surface area contributed by atoms with Crippen LogP contribution in [-0.4, -0.2) is 39.8 Å². The van der Waals surface area contributed by atoms with Gasteiger partial charge in [0, 0.05) is 30.0 Å². The van der Waals surface area contributed by atoms with Crippen LogP contribution in [0.25, 0.3) is 0 Å². The summed E-state index contributed by atoms with van der Waals surface area (Å²) >= 11 is 0. The lowest BCUT2D eigenvalue weighted by molar-refractivity contribution is -0.116. The number of halogens is 1. The van der Waals surface area contributed by atoms with Gasteiger partial charge in [-0.2, -0.15) is 5.10 Å². The van der Waals surface area contributed by atoms with E-state index in [9.17, 15) is 14.3 Å². The molecule has 0 bridgehead atoms. The Bertz CT molecular complexity index is 1060. The number of phenolic OH excluding ortho intramolecular Hbond substituents is 1. The Kier molecular flexibility index (Phi) is 5.07. The van der Waals surface area contributed by atoms with Gasteiger partial charge in [0.15, 0.2) is 0 Å². The number of rotatable bonds is 5. The van der Waals surface area contributed by atoms with Gasteiger partial charge in [0.05, 0.1) is 12.7 Å². The van der Waals surface area contributed by atoms with Gasteiger partial charge in [-0.05, 0) is 43.4 Å². The number of hydrogen-bond donors (Lipinski definition) is 2. The zero-order chi connectivity index (χ0) is 20.5. The molecule has 0 radical (unpaired) electrons. The zero-order valence-corrected chi connectivity index (χ0v) is 16.4. The fraction of sp³-hybridized carbons (Fsp3) is 0.273. The van der Waals surface area contributed by atoms with E-state index in [2.05, 4.69) is 10.4 Å². The predicted octanol–water partition coefficient (Wildman–Crippen LogP) is 3.31. The van der Waals surface area contributed by atoms with Crippen LogP contribution in [0.5, 0.6) is 5.75 Å². The van der Waals surface area contributed by atoms with E-state index in [0.29, 0.717) is 25.3 Å². The molecular formula is C22H23FN4O2. The number of carbonyl (C=O) groups is 1. The Morgan fingerprint density at radius 2 is 2.10 bits per heavy atom. The summed E-state index contributed by atoms with van der Waals surface area (Å²) in [5, 5.41) is 17.5. The standard InChI is InChI=1S/C22H23FN4O2/c1-26(2)13-16-9-15(6-7-20(16)28)18-10-21(29)25-22-19(18)11-24-27(22)12-14-4-3-5-17(23)8-14/h3-9,11,18,28H,10,12-13H2,1-2H3,(H,25,29). The van der Waals surface area contributed by atoms with Crippen molar-refractivity contribution in [3.05, 3.63) is 76.7 Å². The summed E-state index contributed by atoms with van der Waals surface area (Å²) in [6.07, 6.45) is 2.07. The van der Waals surface area contributed by atoms with Gasteiger partial charge in [-0.25, -0.2) is 9.07 Å². The van der Waals surface area contributed by atoms with Crippen molar-refractivity contribution in [2.75, 3.05) is 19.4 Å². The maximum absolute atomic E-state index is 13.5. The summed E-state index contributed by atoms with van der Waals surface area (Å²) < 4.78 is 15.2. The van der Waals surface area contributed by atoms with Crippen LogP contribution >= 0.6 is 0 Å². The van der Waals surface area contributed by atoms with E-state index in [1.54, 1.807) is 23.0 Å². The molecule has 0 spiro atoms. The highest BCUT2D eigenvalue weighted by molar-refractivity contribution is 5.94. The van der Waals surface area contributed by atoms with E-state index < -0.39 is 0 Å². The predicted molar refractivity (Wildman–Crippen MR) is 108 cm³/mol. The highest BCUT2D eigenvalue weighted by atomic mass is 19.1. The fourth-order valence-corrected chi connectivity index (χ4v) is 3.78. The first-order valence-electron chi connectivity index (χ1n) is 9.47. The molecule has 4 rings (SSSR count). The number of nitrogens with one attached hydrogen (secondary N) is 1. The molecule has 0 fully saturated rings. The van der Waals surface area contributed by atoms with Crippen LogP contribution in [0.1, 0.15) is 34.6 Å². The van der Waals surface area contributed by atoms with Gasteiger partial charge in [0.25, 0.3) is 0 Å². The minimum absolute atomic E-state index is 0.0919. The molecule has 2 heterocycles. The van der Waals surface area contributed by atoms with E-state index in [-0.39, 0.29) is 23.4 Å². The third-order valence-electron chi connectivity index (χ3n) is 5.10. The summed E-state index contributed by atoms with van der Waals surface area (Å²) in [7, 11) is 3.88. The molecule has 0 saturated heterocycles. The molecule has 0 saturated carbocycles. The van der Waals surface area contributed by atoms with Gasteiger partial charge in [0.2, 0.25) is 5.91 Å². The number of hydrogen-bond acceptors (Lipinski definition) is 4. The van der Waals surface area contributed by atoms with Crippen molar-refractivity contribution in [3.63, 3.8) is 0 Å². The minimum atomic E-state index is -0.303. The van der Waals surface area contributed by atoms with Crippen LogP contribution < -0.4 is 5.32 Å². The lowest BCUT2D eigenvalue weighted by atomic mass is 9.86. The second-order valence-corrected chi connectivity index (χ2v) is 7.67. The maximum Gasteiger partial charge on any atom is 0.226 e. The van der Waals surface area contributed by atoms with Crippen molar-refractivity contribution >= 4 is 11.7 Å². The van der Waals surface area contributed by atoms with Gasteiger partial charge in [0.1, 0.15) is 17.4 Å². The topological polar surface area (TPSA) is 70.4 Å². The Hall–Kier alpha value is -3.19. The van der Waals surface area contributed by atoms with Gasteiger partial charge in [-0.15, -0.1) is 0 Å². The first kappa shape index (κ1) is 19.1. The van der Waals surface area contributed by atoms with E-state index in [1.165, 1.54) is 12.1 Å². The second kappa shape index (κ2) is 7.67. The van der Waals surface area contributed by atoms with Crippen LogP contribution in [-0.2, 0) is 17.9 Å². The molecule has 1 aromatic heterocycles. The average molecular weight is 394 g/mol. The Balaban J connectivity index is 1.69. The van der Waals surface area contributed by atoms with Gasteiger partial charge < -0.3 is 15.3 Å². The van der Waals surface area contributed by atoms with Crippen LogP contribution in [0.2, 0.25) is 0 Å². The third kappa shape index (κ3) is 4.00. The number of nitrogens with zero attached hydrogens (tertiary/aromatic N) is 3. The molecule has 2 N–H and O–H groups in total. The van der Waals surface area contributed by atoms with Crippen LogP contribution in [0.3, 0.4) is 0 Å². The smallest absolute Gasteiger partial charge is 0.226 e. The lowest BCUT2D eigenvalue weighted by Crippen LogP contribution is -2.25. The molecule has 1 aliphatic rings. The van der Waals surface area contributed by atoms with E-state index in [0.717, 1.165) is 22.3 Å². The molecule has 0 aliphatic carbocycles. The van der Waals surface area contributed by atoms with Crippen molar-refractivity contribution in [3.8, 4) is 5.75 Å². The van der Waals surface area contributed by atoms with Crippen molar-refractivity contribution in [1.29, 1.82) is 0 Å². The number of fused-ring (bicyclic) bond motifs is 1. The molecular weight excluding hydrogens is 371 g/mol. The van der Waals surface area contributed by atoms with Crippen molar-refractivity contribution in [1.82, 2.24) is 14.7 Å². The molecule has 1 amide bonds. The van der Waals surface area contributed by atoms with Crippen molar-refractivity contribution in [2.24, 2.45) is 0 Å². The molecule has 7 heteroatoms. The van der Waals surface area contributed by atoms with Crippen LogP contribution in [0.4, 0.5) is 10.2 Å². The number of amides is 1. The summed E-state index contributed by atoms with van der Waals surface area (Å²) in [4.78, 5) is 14.4. The number of aromatic nitrogens is 2. The number of aromatic hydroxyl groups is 1. The summed E-state index contributed by atoms with van der Waals surface area (Å²) in [6, 6.07) is 11.8. The monoisotopic (exact) mass is 394 g/mol. The minimum Gasteiger partial charge on any atom is -0.508 e. The zero-order valence-electron chi connectivity index (χ0n) is 16.4. The summed E-state index contributed by atoms with van der Waals surface area (Å²) in [5.74, 6) is 0.331. The molecule has 1 aliphatic heterocycles. The number of anilines is 1. The van der Waals surface area contributed by atoms with Crippen LogP contribution in [0.15, 0.2) is 48.7 Å². The molecule has 1 atom stereocenters. The normalized spacial score (nSPS) is 16.0. The summed E-state index contributed by atoms with van der Waals surface area (Å²) in [5.41, 5.74) is 3.46. The first-order chi connectivity index (χ1) is 13.9.